The average molecular weight is 183 g/mol. The molecule has 1 N–H and O–H groups in total. The minimum absolute atomic E-state index is 0.0683. The zero-order valence-electron chi connectivity index (χ0n) is 8.23. The Balaban J connectivity index is 2.21. The van der Waals surface area contributed by atoms with Crippen molar-refractivity contribution in [2.45, 2.75) is 45.2 Å². The molecule has 0 aromatic heterocycles. The molecule has 0 saturated carbocycles. The van der Waals surface area contributed by atoms with Crippen LogP contribution in [0.3, 0.4) is 0 Å². The second kappa shape index (κ2) is 3.07. The van der Waals surface area contributed by atoms with Crippen molar-refractivity contribution in [3.05, 3.63) is 0 Å². The molecule has 2 fully saturated rings. The lowest BCUT2D eigenvalue weighted by atomic mass is 9.85. The third-order valence-electron chi connectivity index (χ3n) is 3.65. The summed E-state index contributed by atoms with van der Waals surface area (Å²) < 4.78 is 0. The number of ketones is 1. The number of carbonyl (C=O) groups excluding carboxylic acids is 1. The van der Waals surface area contributed by atoms with Crippen molar-refractivity contribution < 1.29 is 10.0 Å². The smallest absolute Gasteiger partial charge is 0.134 e. The third-order valence-corrected chi connectivity index (χ3v) is 3.65. The van der Waals surface area contributed by atoms with Crippen LogP contribution in [-0.4, -0.2) is 28.1 Å². The zero-order valence-corrected chi connectivity index (χ0v) is 8.23. The molecule has 0 aromatic carbocycles. The van der Waals surface area contributed by atoms with Crippen molar-refractivity contribution in [2.75, 3.05) is 0 Å². The Morgan fingerprint density at radius 3 is 2.77 bits per heavy atom. The van der Waals surface area contributed by atoms with Gasteiger partial charge in [0.1, 0.15) is 5.78 Å². The summed E-state index contributed by atoms with van der Waals surface area (Å²) >= 11 is 0. The van der Waals surface area contributed by atoms with Crippen LogP contribution in [-0.2, 0) is 4.79 Å². The molecule has 13 heavy (non-hydrogen) atoms. The molecule has 0 radical (unpaired) electrons. The summed E-state index contributed by atoms with van der Waals surface area (Å²) in [5.74, 6) is 0.765. The van der Waals surface area contributed by atoms with Crippen molar-refractivity contribution in [3.8, 4) is 0 Å². The van der Waals surface area contributed by atoms with E-state index in [2.05, 4.69) is 6.92 Å². The summed E-state index contributed by atoms with van der Waals surface area (Å²) in [6.07, 6.45) is 2.98. The van der Waals surface area contributed by atoms with Crippen LogP contribution in [0, 0.1) is 11.8 Å². The highest BCUT2D eigenvalue weighted by atomic mass is 16.5. The quantitative estimate of drug-likeness (QED) is 0.669. The first-order valence-corrected chi connectivity index (χ1v) is 5.09. The van der Waals surface area contributed by atoms with Crippen LogP contribution >= 0.6 is 0 Å². The minimum Gasteiger partial charge on any atom is -0.313 e. The van der Waals surface area contributed by atoms with E-state index in [9.17, 15) is 10.0 Å². The standard InChI is InChI=1S/C10H17NO2/c1-6-5-8-3-4-9(7(2)12)10(6)11(8)13/h6,8-10,13H,3-5H2,1-2H3. The maximum atomic E-state index is 11.3. The molecule has 2 aliphatic heterocycles. The lowest BCUT2D eigenvalue weighted by Crippen LogP contribution is -2.46. The van der Waals surface area contributed by atoms with E-state index < -0.39 is 0 Å². The van der Waals surface area contributed by atoms with Gasteiger partial charge in [-0.3, -0.25) is 4.79 Å². The maximum Gasteiger partial charge on any atom is 0.134 e. The molecule has 2 aliphatic rings. The number of piperidine rings is 1. The normalized spacial score (nSPS) is 45.2. The Kier molecular flexibility index (Phi) is 2.16. The van der Waals surface area contributed by atoms with Gasteiger partial charge in [0, 0.05) is 18.0 Å². The van der Waals surface area contributed by atoms with Gasteiger partial charge in [-0.1, -0.05) is 6.92 Å². The lowest BCUT2D eigenvalue weighted by molar-refractivity contribution is -0.173. The highest BCUT2D eigenvalue weighted by Crippen LogP contribution is 2.41. The predicted octanol–water partition coefficient (Wildman–Crippen LogP) is 1.45. The fourth-order valence-electron chi connectivity index (χ4n) is 3.00. The Morgan fingerprint density at radius 2 is 2.15 bits per heavy atom. The molecular weight excluding hydrogens is 166 g/mol. The van der Waals surface area contributed by atoms with E-state index in [4.69, 9.17) is 0 Å². The summed E-state index contributed by atoms with van der Waals surface area (Å²) in [7, 11) is 0. The van der Waals surface area contributed by atoms with E-state index in [0.29, 0.717) is 12.0 Å². The van der Waals surface area contributed by atoms with Gasteiger partial charge in [0.05, 0.1) is 0 Å². The van der Waals surface area contributed by atoms with Crippen molar-refractivity contribution >= 4 is 5.78 Å². The SMILES string of the molecule is CC(=O)C1CCC2CC(C)C1N2O. The first-order chi connectivity index (χ1) is 6.11. The zero-order chi connectivity index (χ0) is 9.59. The lowest BCUT2D eigenvalue weighted by Gasteiger charge is -2.35. The maximum absolute atomic E-state index is 11.3. The number of hydrogen-bond acceptors (Lipinski definition) is 3. The molecule has 3 heteroatoms. The van der Waals surface area contributed by atoms with E-state index >= 15 is 0 Å². The van der Waals surface area contributed by atoms with Crippen LogP contribution in [0.25, 0.3) is 0 Å². The summed E-state index contributed by atoms with van der Waals surface area (Å²) in [6, 6.07) is 0.409. The van der Waals surface area contributed by atoms with Crippen LogP contribution in [0.4, 0.5) is 0 Å². The molecule has 2 saturated heterocycles. The summed E-state index contributed by atoms with van der Waals surface area (Å²) in [6.45, 7) is 3.78. The van der Waals surface area contributed by atoms with Gasteiger partial charge in [0.15, 0.2) is 0 Å². The Bertz CT molecular complexity index is 229. The number of nitrogens with zero attached hydrogens (tertiary/aromatic N) is 1. The average Bonchev–Trinajstić information content (AvgIpc) is 2.28. The van der Waals surface area contributed by atoms with Crippen molar-refractivity contribution in [3.63, 3.8) is 0 Å². The van der Waals surface area contributed by atoms with Crippen molar-refractivity contribution in [2.24, 2.45) is 11.8 Å². The van der Waals surface area contributed by atoms with Crippen LogP contribution in [0.2, 0.25) is 0 Å². The van der Waals surface area contributed by atoms with Crippen molar-refractivity contribution in [1.29, 1.82) is 0 Å². The fraction of sp³-hybridized carbons (Fsp3) is 0.900. The molecule has 4 atom stereocenters. The van der Waals surface area contributed by atoms with Crippen LogP contribution in [0.5, 0.6) is 0 Å². The van der Waals surface area contributed by atoms with Gasteiger partial charge in [-0.25, -0.2) is 0 Å². The molecule has 0 spiro atoms. The van der Waals surface area contributed by atoms with Gasteiger partial charge >= 0.3 is 0 Å². The molecular formula is C10H17NO2. The molecule has 3 nitrogen and oxygen atoms in total. The number of rotatable bonds is 1. The highest BCUT2D eigenvalue weighted by Gasteiger charge is 2.47. The van der Waals surface area contributed by atoms with Gasteiger partial charge in [-0.15, -0.1) is 0 Å². The second-order valence-electron chi connectivity index (χ2n) is 4.53. The van der Waals surface area contributed by atoms with Crippen molar-refractivity contribution in [1.82, 2.24) is 5.06 Å². The number of Topliss-reactive ketones (excluding diaryl/α,β-unsaturated/α-hetero) is 1. The summed E-state index contributed by atoms with van der Waals surface area (Å²) in [5, 5.41) is 11.2. The third kappa shape index (κ3) is 1.30. The van der Waals surface area contributed by atoms with Crippen LogP contribution in [0.1, 0.15) is 33.1 Å². The molecule has 0 amide bonds. The first kappa shape index (κ1) is 9.16. The van der Waals surface area contributed by atoms with E-state index in [1.54, 1.807) is 6.92 Å². The highest BCUT2D eigenvalue weighted by molar-refractivity contribution is 5.79. The molecule has 2 rings (SSSR count). The topological polar surface area (TPSA) is 40.5 Å². The molecule has 2 heterocycles. The fourth-order valence-corrected chi connectivity index (χ4v) is 3.00. The van der Waals surface area contributed by atoms with Crippen LogP contribution < -0.4 is 0 Å². The molecule has 4 unspecified atom stereocenters. The number of hydroxylamine groups is 2. The summed E-state index contributed by atoms with van der Waals surface area (Å²) in [4.78, 5) is 11.3. The molecule has 0 aliphatic carbocycles. The number of hydrogen-bond donors (Lipinski definition) is 1. The van der Waals surface area contributed by atoms with E-state index in [-0.39, 0.29) is 17.7 Å². The molecule has 74 valence electrons. The number of carbonyl (C=O) groups is 1. The molecule has 0 aromatic rings. The van der Waals surface area contributed by atoms with Gasteiger partial charge in [0.2, 0.25) is 0 Å². The van der Waals surface area contributed by atoms with Gasteiger partial charge in [0.25, 0.3) is 0 Å². The Hall–Kier alpha value is -0.410. The van der Waals surface area contributed by atoms with Gasteiger partial charge in [-0.2, -0.15) is 5.06 Å². The van der Waals surface area contributed by atoms with Crippen LogP contribution in [0.15, 0.2) is 0 Å². The Morgan fingerprint density at radius 1 is 1.46 bits per heavy atom. The van der Waals surface area contributed by atoms with E-state index in [0.717, 1.165) is 19.3 Å². The minimum atomic E-state index is 0.0683. The largest absolute Gasteiger partial charge is 0.313 e. The summed E-state index contributed by atoms with van der Waals surface area (Å²) in [5.41, 5.74) is 0. The predicted molar refractivity (Wildman–Crippen MR) is 48.4 cm³/mol. The molecule has 2 bridgehead atoms. The first-order valence-electron chi connectivity index (χ1n) is 5.09. The van der Waals surface area contributed by atoms with E-state index in [1.807, 2.05) is 0 Å². The van der Waals surface area contributed by atoms with Gasteiger partial charge < -0.3 is 5.21 Å². The number of fused-ring (bicyclic) bond motifs is 2. The Labute approximate surface area is 78.7 Å². The monoisotopic (exact) mass is 183 g/mol. The van der Waals surface area contributed by atoms with Gasteiger partial charge in [-0.05, 0) is 32.1 Å². The second-order valence-corrected chi connectivity index (χ2v) is 4.53. The van der Waals surface area contributed by atoms with E-state index in [1.165, 1.54) is 5.06 Å².